The van der Waals surface area contributed by atoms with Gasteiger partial charge in [0.05, 0.1) is 12.6 Å². The summed E-state index contributed by atoms with van der Waals surface area (Å²) in [7, 11) is 0. The third kappa shape index (κ3) is 6.80. The molecule has 34 heavy (non-hydrogen) atoms. The molecule has 0 aliphatic rings. The Morgan fingerprint density at radius 1 is 0.853 bits per heavy atom. The van der Waals surface area contributed by atoms with E-state index in [2.05, 4.69) is 123 Å². The van der Waals surface area contributed by atoms with Crippen LogP contribution < -0.4 is 5.32 Å². The number of benzene rings is 3. The molecule has 180 valence electrons. The Morgan fingerprint density at radius 3 is 1.97 bits per heavy atom. The quantitative estimate of drug-likeness (QED) is 0.226. The third-order valence-corrected chi connectivity index (χ3v) is 6.40. The molecule has 4 heteroatoms. The zero-order valence-corrected chi connectivity index (χ0v) is 22.8. The van der Waals surface area contributed by atoms with Crippen LogP contribution in [0.25, 0.3) is 11.1 Å². The molecule has 0 aliphatic carbocycles. The van der Waals surface area contributed by atoms with Crippen LogP contribution in [-0.4, -0.2) is 25.1 Å². The summed E-state index contributed by atoms with van der Waals surface area (Å²) in [5, 5.41) is 3.77. The van der Waals surface area contributed by atoms with Gasteiger partial charge in [-0.3, -0.25) is 4.99 Å². The van der Waals surface area contributed by atoms with Crippen LogP contribution in [0.2, 0.25) is 0 Å². The lowest BCUT2D eigenvalue weighted by Crippen LogP contribution is -2.20. The van der Waals surface area contributed by atoms with Crippen LogP contribution >= 0.6 is 15.9 Å². The van der Waals surface area contributed by atoms with Crippen molar-refractivity contribution >= 4 is 27.5 Å². The van der Waals surface area contributed by atoms with Gasteiger partial charge in [0.25, 0.3) is 0 Å². The lowest BCUT2D eigenvalue weighted by molar-refractivity contribution is 0.0829. The van der Waals surface area contributed by atoms with Gasteiger partial charge < -0.3 is 10.1 Å². The molecule has 0 fully saturated rings. The number of ether oxygens (including phenoxy) is 1. The summed E-state index contributed by atoms with van der Waals surface area (Å²) in [6, 6.07) is 23.6. The Morgan fingerprint density at radius 2 is 1.44 bits per heavy atom. The minimum absolute atomic E-state index is 0.0619. The van der Waals surface area contributed by atoms with Gasteiger partial charge in [0.15, 0.2) is 0 Å². The van der Waals surface area contributed by atoms with Crippen molar-refractivity contribution in [1.29, 1.82) is 0 Å². The van der Waals surface area contributed by atoms with Crippen LogP contribution in [0.4, 0.5) is 5.69 Å². The van der Waals surface area contributed by atoms with Crippen molar-refractivity contribution < 1.29 is 4.74 Å². The monoisotopic (exact) mass is 520 g/mol. The van der Waals surface area contributed by atoms with E-state index in [0.29, 0.717) is 25.0 Å². The van der Waals surface area contributed by atoms with Gasteiger partial charge in [0, 0.05) is 22.3 Å². The standard InChI is InChI=1S/C30H37BrN2O/c1-7-34-22(6)19-32-30(24-13-15-26(31)16-14-24)33-29-27(20(2)3)17-25(18-28(29)21(4)5)23-11-9-8-10-12-23/h8-18,20-22H,7,19H2,1-6H3,(H,32,33). The molecule has 1 N–H and O–H groups in total. The van der Waals surface area contributed by atoms with Crippen LogP contribution in [0, 0.1) is 0 Å². The number of hydrogen-bond acceptors (Lipinski definition) is 2. The summed E-state index contributed by atoms with van der Waals surface area (Å²) >= 11 is 3.56. The van der Waals surface area contributed by atoms with Gasteiger partial charge in [-0.25, -0.2) is 0 Å². The maximum Gasteiger partial charge on any atom is 0.132 e. The van der Waals surface area contributed by atoms with Gasteiger partial charge in [-0.15, -0.1) is 0 Å². The topological polar surface area (TPSA) is 33.6 Å². The molecule has 3 aromatic carbocycles. The first-order valence-corrected chi connectivity index (χ1v) is 13.0. The molecule has 0 radical (unpaired) electrons. The first kappa shape index (κ1) is 26.2. The van der Waals surface area contributed by atoms with Crippen molar-refractivity contribution in [3.05, 3.63) is 87.9 Å². The van der Waals surface area contributed by atoms with E-state index in [1.807, 2.05) is 6.92 Å². The Kier molecular flexibility index (Phi) is 9.49. The van der Waals surface area contributed by atoms with Crippen LogP contribution in [0.3, 0.4) is 0 Å². The van der Waals surface area contributed by atoms with Crippen molar-refractivity contribution in [2.45, 2.75) is 59.5 Å². The molecule has 0 saturated carbocycles. The molecule has 0 aliphatic heterocycles. The molecule has 3 nitrogen and oxygen atoms in total. The van der Waals surface area contributed by atoms with E-state index in [1.54, 1.807) is 0 Å². The van der Waals surface area contributed by atoms with Crippen LogP contribution in [-0.2, 0) is 4.74 Å². The Bertz CT molecular complexity index is 1060. The number of nitrogens with one attached hydrogen (secondary N) is 1. The van der Waals surface area contributed by atoms with Crippen molar-refractivity contribution in [2.24, 2.45) is 4.99 Å². The Labute approximate surface area is 213 Å². The van der Waals surface area contributed by atoms with Gasteiger partial charge in [0.2, 0.25) is 0 Å². The molecular weight excluding hydrogens is 484 g/mol. The van der Waals surface area contributed by atoms with Crippen molar-refractivity contribution in [2.75, 3.05) is 18.5 Å². The minimum Gasteiger partial charge on any atom is -0.377 e. The summed E-state index contributed by atoms with van der Waals surface area (Å²) in [6.45, 7) is 14.4. The van der Waals surface area contributed by atoms with Crippen molar-refractivity contribution in [3.8, 4) is 11.1 Å². The summed E-state index contributed by atoms with van der Waals surface area (Å²) in [5.74, 6) is 1.59. The number of amidine groups is 1. The van der Waals surface area contributed by atoms with Gasteiger partial charge >= 0.3 is 0 Å². The highest BCUT2D eigenvalue weighted by Crippen LogP contribution is 2.37. The summed E-state index contributed by atoms with van der Waals surface area (Å²) in [5.41, 5.74) is 7.31. The highest BCUT2D eigenvalue weighted by atomic mass is 79.9. The summed E-state index contributed by atoms with van der Waals surface area (Å²) in [4.78, 5) is 4.98. The fraction of sp³-hybridized carbons (Fsp3) is 0.367. The highest BCUT2D eigenvalue weighted by molar-refractivity contribution is 9.10. The van der Waals surface area contributed by atoms with E-state index in [-0.39, 0.29) is 6.10 Å². The number of rotatable bonds is 9. The molecule has 0 saturated heterocycles. The van der Waals surface area contributed by atoms with Gasteiger partial charge in [-0.05, 0) is 72.2 Å². The highest BCUT2D eigenvalue weighted by Gasteiger charge is 2.19. The van der Waals surface area contributed by atoms with Gasteiger partial charge in [0.1, 0.15) is 5.84 Å². The number of halogens is 1. The van der Waals surface area contributed by atoms with E-state index in [0.717, 1.165) is 21.6 Å². The molecule has 0 spiro atoms. The molecule has 3 aromatic rings. The van der Waals surface area contributed by atoms with Gasteiger partial charge in [-0.2, -0.15) is 0 Å². The second-order valence-electron chi connectivity index (χ2n) is 9.29. The maximum absolute atomic E-state index is 5.74. The SMILES string of the molecule is CCOC(C)CN=C(Nc1c(C(C)C)cc(-c2ccccc2)cc1C(C)C)c1ccc(Br)cc1. The lowest BCUT2D eigenvalue weighted by Gasteiger charge is -2.24. The normalized spacial score (nSPS) is 12.9. The second-order valence-corrected chi connectivity index (χ2v) is 10.2. The molecule has 0 aromatic heterocycles. The first-order valence-electron chi connectivity index (χ1n) is 12.2. The molecule has 1 unspecified atom stereocenters. The molecule has 0 amide bonds. The fourth-order valence-electron chi connectivity index (χ4n) is 4.03. The zero-order chi connectivity index (χ0) is 24.7. The average Bonchev–Trinajstić information content (AvgIpc) is 2.82. The van der Waals surface area contributed by atoms with Crippen molar-refractivity contribution in [3.63, 3.8) is 0 Å². The van der Waals surface area contributed by atoms with Crippen LogP contribution in [0.5, 0.6) is 0 Å². The molecule has 1 atom stereocenters. The Hall–Kier alpha value is -2.43. The number of nitrogens with zero attached hydrogens (tertiary/aromatic N) is 1. The zero-order valence-electron chi connectivity index (χ0n) is 21.2. The summed E-state index contributed by atoms with van der Waals surface area (Å²) in [6.07, 6.45) is 0.0619. The van der Waals surface area contributed by atoms with E-state index >= 15 is 0 Å². The Balaban J connectivity index is 2.11. The number of aliphatic imine (C=N–C) groups is 1. The van der Waals surface area contributed by atoms with E-state index in [4.69, 9.17) is 9.73 Å². The predicted molar refractivity (Wildman–Crippen MR) is 150 cm³/mol. The van der Waals surface area contributed by atoms with Crippen molar-refractivity contribution in [1.82, 2.24) is 0 Å². The molecular formula is C30H37BrN2O. The molecule has 3 rings (SSSR count). The maximum atomic E-state index is 5.74. The number of hydrogen-bond donors (Lipinski definition) is 1. The van der Waals surface area contributed by atoms with E-state index in [1.165, 1.54) is 22.3 Å². The van der Waals surface area contributed by atoms with E-state index < -0.39 is 0 Å². The smallest absolute Gasteiger partial charge is 0.132 e. The molecule has 0 heterocycles. The predicted octanol–water partition coefficient (Wildman–Crippen LogP) is 8.65. The first-order chi connectivity index (χ1) is 16.3. The third-order valence-electron chi connectivity index (χ3n) is 5.87. The lowest BCUT2D eigenvalue weighted by atomic mass is 9.88. The van der Waals surface area contributed by atoms with Crippen LogP contribution in [0.1, 0.15) is 70.1 Å². The average molecular weight is 522 g/mol. The summed E-state index contributed by atoms with van der Waals surface area (Å²) < 4.78 is 6.80. The minimum atomic E-state index is 0.0619. The second kappa shape index (κ2) is 12.3. The number of anilines is 1. The van der Waals surface area contributed by atoms with Gasteiger partial charge in [-0.1, -0.05) is 86.1 Å². The van der Waals surface area contributed by atoms with Crippen LogP contribution in [0.15, 0.2) is 76.2 Å². The fourth-order valence-corrected chi connectivity index (χ4v) is 4.29. The molecule has 0 bridgehead atoms. The largest absolute Gasteiger partial charge is 0.377 e. The van der Waals surface area contributed by atoms with E-state index in [9.17, 15) is 0 Å².